The maximum atomic E-state index is 12.1. The number of hydrogen-bond acceptors (Lipinski definition) is 4. The highest BCUT2D eigenvalue weighted by Gasteiger charge is 2.28. The van der Waals surface area contributed by atoms with Gasteiger partial charge in [-0.05, 0) is 24.3 Å². The van der Waals surface area contributed by atoms with Gasteiger partial charge in [-0.25, -0.2) is 0 Å². The quantitative estimate of drug-likeness (QED) is 0.743. The first-order valence-electron chi connectivity index (χ1n) is 8.16. The molecule has 2 aromatic carbocycles. The van der Waals surface area contributed by atoms with Crippen molar-refractivity contribution in [2.24, 2.45) is 0 Å². The van der Waals surface area contributed by atoms with Crippen molar-refractivity contribution in [3.05, 3.63) is 42.5 Å². The third kappa shape index (κ3) is 2.87. The first-order valence-corrected chi connectivity index (χ1v) is 8.16. The molecule has 1 aliphatic heterocycles. The van der Waals surface area contributed by atoms with E-state index >= 15 is 0 Å². The number of likely N-dealkylation sites (tertiary alicyclic amines) is 1. The summed E-state index contributed by atoms with van der Waals surface area (Å²) in [7, 11) is 0. The number of furan rings is 1. The van der Waals surface area contributed by atoms with E-state index in [1.165, 1.54) is 0 Å². The highest BCUT2D eigenvalue weighted by molar-refractivity contribution is 6.07. The van der Waals surface area contributed by atoms with E-state index < -0.39 is 0 Å². The molecule has 25 heavy (non-hydrogen) atoms. The number of nitrogens with zero attached hydrogens (tertiary/aromatic N) is 1. The van der Waals surface area contributed by atoms with Gasteiger partial charge in [-0.2, -0.15) is 0 Å². The Labute approximate surface area is 143 Å². The maximum Gasteiger partial charge on any atom is 0.229 e. The molecular weight excluding hydrogens is 320 g/mol. The summed E-state index contributed by atoms with van der Waals surface area (Å²) < 4.78 is 5.76. The van der Waals surface area contributed by atoms with E-state index in [1.54, 1.807) is 6.07 Å². The van der Waals surface area contributed by atoms with E-state index in [0.717, 1.165) is 26.8 Å². The number of benzene rings is 2. The number of para-hydroxylation sites is 1. The molecule has 0 atom stereocenters. The Kier molecular flexibility index (Phi) is 3.72. The molecule has 6 heteroatoms. The fraction of sp³-hybridized carbons (Fsp3) is 0.211. The smallest absolute Gasteiger partial charge is 0.229 e. The van der Waals surface area contributed by atoms with Crippen molar-refractivity contribution in [1.82, 2.24) is 4.90 Å². The lowest BCUT2D eigenvalue weighted by atomic mass is 10.1. The van der Waals surface area contributed by atoms with Gasteiger partial charge in [-0.1, -0.05) is 18.2 Å². The lowest BCUT2D eigenvalue weighted by Crippen LogP contribution is -2.32. The van der Waals surface area contributed by atoms with Gasteiger partial charge in [0.1, 0.15) is 11.2 Å². The van der Waals surface area contributed by atoms with Gasteiger partial charge in [0.25, 0.3) is 0 Å². The van der Waals surface area contributed by atoms with Gasteiger partial charge in [0.2, 0.25) is 17.7 Å². The summed E-state index contributed by atoms with van der Waals surface area (Å²) >= 11 is 0. The van der Waals surface area contributed by atoms with Crippen LogP contribution >= 0.6 is 0 Å². The highest BCUT2D eigenvalue weighted by Crippen LogP contribution is 2.30. The van der Waals surface area contributed by atoms with Gasteiger partial charge in [-0.3, -0.25) is 19.3 Å². The van der Waals surface area contributed by atoms with Gasteiger partial charge in [0.15, 0.2) is 0 Å². The zero-order valence-electron chi connectivity index (χ0n) is 13.5. The molecule has 3 aromatic rings. The molecule has 3 amide bonds. The van der Waals surface area contributed by atoms with E-state index in [2.05, 4.69) is 5.32 Å². The monoisotopic (exact) mass is 336 g/mol. The van der Waals surface area contributed by atoms with Crippen LogP contribution in [0.15, 0.2) is 46.9 Å². The number of carbonyl (C=O) groups is 3. The van der Waals surface area contributed by atoms with E-state index in [9.17, 15) is 14.4 Å². The Hall–Kier alpha value is -3.15. The van der Waals surface area contributed by atoms with Crippen LogP contribution in [0.4, 0.5) is 5.69 Å². The van der Waals surface area contributed by atoms with Crippen LogP contribution in [0.1, 0.15) is 19.3 Å². The zero-order chi connectivity index (χ0) is 17.4. The maximum absolute atomic E-state index is 12.1. The van der Waals surface area contributed by atoms with Gasteiger partial charge >= 0.3 is 0 Å². The van der Waals surface area contributed by atoms with Gasteiger partial charge < -0.3 is 9.73 Å². The largest absolute Gasteiger partial charge is 0.456 e. The minimum absolute atomic E-state index is 0.0850. The fourth-order valence-electron chi connectivity index (χ4n) is 3.11. The number of carbonyl (C=O) groups excluding carboxylic acids is 3. The van der Waals surface area contributed by atoms with E-state index in [0.29, 0.717) is 5.69 Å². The van der Waals surface area contributed by atoms with E-state index in [4.69, 9.17) is 4.42 Å². The zero-order valence-corrected chi connectivity index (χ0v) is 13.5. The second-order valence-corrected chi connectivity index (χ2v) is 6.05. The van der Waals surface area contributed by atoms with Crippen molar-refractivity contribution in [2.75, 3.05) is 11.9 Å². The summed E-state index contributed by atoms with van der Waals surface area (Å²) in [6.45, 7) is 0.125. The number of hydrogen-bond donors (Lipinski definition) is 1. The average molecular weight is 336 g/mol. The van der Waals surface area contributed by atoms with Crippen molar-refractivity contribution in [3.63, 3.8) is 0 Å². The molecule has 0 unspecified atom stereocenters. The van der Waals surface area contributed by atoms with Gasteiger partial charge in [0, 0.05) is 42.3 Å². The molecule has 0 bridgehead atoms. The van der Waals surface area contributed by atoms with Crippen molar-refractivity contribution < 1.29 is 18.8 Å². The lowest BCUT2D eigenvalue weighted by molar-refractivity contribution is -0.138. The molecule has 1 saturated heterocycles. The van der Waals surface area contributed by atoms with E-state index in [1.807, 2.05) is 36.4 Å². The summed E-state index contributed by atoms with van der Waals surface area (Å²) in [6.07, 6.45) is 0.566. The molecular formula is C19H16N2O4. The summed E-state index contributed by atoms with van der Waals surface area (Å²) in [5.74, 6) is -0.646. The second kappa shape index (κ2) is 6.05. The summed E-state index contributed by atoms with van der Waals surface area (Å²) in [4.78, 5) is 36.4. The van der Waals surface area contributed by atoms with E-state index in [-0.39, 0.29) is 43.5 Å². The minimum Gasteiger partial charge on any atom is -0.456 e. The molecule has 1 aromatic heterocycles. The van der Waals surface area contributed by atoms with Crippen LogP contribution in [0, 0.1) is 0 Å². The molecule has 0 aliphatic carbocycles. The van der Waals surface area contributed by atoms with Crippen LogP contribution in [0.3, 0.4) is 0 Å². The standard InChI is InChI=1S/C19H16N2O4/c22-17(9-10-21-18(23)7-8-19(21)24)20-12-5-6-16-14(11-12)13-3-1-2-4-15(13)25-16/h1-6,11H,7-10H2,(H,20,22). The molecule has 2 heterocycles. The first kappa shape index (κ1) is 15.4. The summed E-state index contributed by atoms with van der Waals surface area (Å²) in [5, 5.41) is 4.73. The van der Waals surface area contributed by atoms with Crippen LogP contribution in [0.2, 0.25) is 0 Å². The Morgan fingerprint density at radius 3 is 2.52 bits per heavy atom. The second-order valence-electron chi connectivity index (χ2n) is 6.05. The SMILES string of the molecule is O=C(CCN1C(=O)CCC1=O)Nc1ccc2oc3ccccc3c2c1. The number of rotatable bonds is 4. The molecule has 4 rings (SSSR count). The number of nitrogens with one attached hydrogen (secondary N) is 1. The Balaban J connectivity index is 1.48. The number of anilines is 1. The molecule has 0 spiro atoms. The predicted molar refractivity (Wildman–Crippen MR) is 92.9 cm³/mol. The van der Waals surface area contributed by atoms with Gasteiger partial charge in [0.05, 0.1) is 0 Å². The normalized spacial score (nSPS) is 14.6. The van der Waals surface area contributed by atoms with Crippen molar-refractivity contribution >= 4 is 45.3 Å². The fourth-order valence-corrected chi connectivity index (χ4v) is 3.11. The minimum atomic E-state index is -0.236. The number of imide groups is 1. The Morgan fingerprint density at radius 2 is 1.72 bits per heavy atom. The highest BCUT2D eigenvalue weighted by atomic mass is 16.3. The molecule has 1 fully saturated rings. The van der Waals surface area contributed by atoms with Crippen molar-refractivity contribution in [3.8, 4) is 0 Å². The Bertz CT molecular complexity index is 989. The van der Waals surface area contributed by atoms with Crippen LogP contribution < -0.4 is 5.32 Å². The third-order valence-corrected chi connectivity index (χ3v) is 4.38. The third-order valence-electron chi connectivity index (χ3n) is 4.38. The number of fused-ring (bicyclic) bond motifs is 3. The van der Waals surface area contributed by atoms with Crippen LogP contribution in [-0.4, -0.2) is 29.2 Å². The lowest BCUT2D eigenvalue weighted by Gasteiger charge is -2.13. The van der Waals surface area contributed by atoms with Crippen LogP contribution in [0.5, 0.6) is 0 Å². The van der Waals surface area contributed by atoms with Gasteiger partial charge in [-0.15, -0.1) is 0 Å². The summed E-state index contributed by atoms with van der Waals surface area (Å²) in [6, 6.07) is 13.2. The molecule has 6 nitrogen and oxygen atoms in total. The first-order chi connectivity index (χ1) is 12.1. The molecule has 1 N–H and O–H groups in total. The molecule has 126 valence electrons. The molecule has 0 radical (unpaired) electrons. The molecule has 0 saturated carbocycles. The topological polar surface area (TPSA) is 79.6 Å². The summed E-state index contributed by atoms with van der Waals surface area (Å²) in [5.41, 5.74) is 2.21. The Morgan fingerprint density at radius 1 is 1.00 bits per heavy atom. The molecule has 1 aliphatic rings. The van der Waals surface area contributed by atoms with Crippen LogP contribution in [0.25, 0.3) is 21.9 Å². The van der Waals surface area contributed by atoms with Crippen molar-refractivity contribution in [1.29, 1.82) is 0 Å². The van der Waals surface area contributed by atoms with Crippen LogP contribution in [-0.2, 0) is 14.4 Å². The average Bonchev–Trinajstić information content (AvgIpc) is 3.13. The predicted octanol–water partition coefficient (Wildman–Crippen LogP) is 3.06. The number of amides is 3. The van der Waals surface area contributed by atoms with Crippen molar-refractivity contribution in [2.45, 2.75) is 19.3 Å².